The van der Waals surface area contributed by atoms with Gasteiger partial charge in [-0.2, -0.15) is 0 Å². The molecule has 2 heterocycles. The van der Waals surface area contributed by atoms with E-state index in [4.69, 9.17) is 0 Å². The summed E-state index contributed by atoms with van der Waals surface area (Å²) in [5.41, 5.74) is 1.80. The molecule has 1 N–H and O–H groups in total. The van der Waals surface area contributed by atoms with Crippen LogP contribution >= 0.6 is 11.3 Å². The summed E-state index contributed by atoms with van der Waals surface area (Å²) >= 11 is 1.44. The minimum Gasteiger partial charge on any atom is -0.302 e. The van der Waals surface area contributed by atoms with Crippen molar-refractivity contribution in [2.75, 3.05) is 5.32 Å². The van der Waals surface area contributed by atoms with Gasteiger partial charge in [-0.05, 0) is 24.5 Å². The fourth-order valence-corrected chi connectivity index (χ4v) is 2.32. The van der Waals surface area contributed by atoms with Crippen LogP contribution in [0.4, 0.5) is 5.13 Å². The number of anilines is 1. The standard InChI is InChI=1S/C14H17N3OS/c1-10(2)5-6-13(18)17-14-16-12(9-19-14)11-4-3-7-15-8-11/h3-4,7-10H,5-6H2,1-2H3,(H,16,17,18). The number of pyridine rings is 1. The predicted molar refractivity (Wildman–Crippen MR) is 78.0 cm³/mol. The minimum absolute atomic E-state index is 0.0285. The number of nitrogens with one attached hydrogen (secondary N) is 1. The molecule has 19 heavy (non-hydrogen) atoms. The Labute approximate surface area is 116 Å². The molecule has 0 aromatic carbocycles. The van der Waals surface area contributed by atoms with Gasteiger partial charge in [0.2, 0.25) is 5.91 Å². The second kappa shape index (κ2) is 6.43. The van der Waals surface area contributed by atoms with Gasteiger partial charge in [0.15, 0.2) is 5.13 Å². The van der Waals surface area contributed by atoms with Gasteiger partial charge in [0.1, 0.15) is 0 Å². The Morgan fingerprint density at radius 1 is 1.47 bits per heavy atom. The number of carbonyl (C=O) groups excluding carboxylic acids is 1. The molecular formula is C14H17N3OS. The lowest BCUT2D eigenvalue weighted by Gasteiger charge is -2.03. The summed E-state index contributed by atoms with van der Waals surface area (Å²) in [4.78, 5) is 20.2. The van der Waals surface area contributed by atoms with Crippen molar-refractivity contribution in [2.45, 2.75) is 26.7 Å². The second-order valence-corrected chi connectivity index (χ2v) is 5.62. The Morgan fingerprint density at radius 3 is 3.00 bits per heavy atom. The summed E-state index contributed by atoms with van der Waals surface area (Å²) in [6.45, 7) is 4.22. The SMILES string of the molecule is CC(C)CCC(=O)Nc1nc(-c2cccnc2)cs1. The van der Waals surface area contributed by atoms with Gasteiger partial charge >= 0.3 is 0 Å². The lowest BCUT2D eigenvalue weighted by atomic mass is 10.1. The average molecular weight is 275 g/mol. The van der Waals surface area contributed by atoms with E-state index in [2.05, 4.69) is 29.1 Å². The third kappa shape index (κ3) is 4.13. The fraction of sp³-hybridized carbons (Fsp3) is 0.357. The molecule has 0 aliphatic heterocycles. The van der Waals surface area contributed by atoms with Crippen LogP contribution in [0.25, 0.3) is 11.3 Å². The predicted octanol–water partition coefficient (Wildman–Crippen LogP) is 3.58. The van der Waals surface area contributed by atoms with E-state index in [-0.39, 0.29) is 5.91 Å². The molecule has 0 spiro atoms. The quantitative estimate of drug-likeness (QED) is 0.907. The van der Waals surface area contributed by atoms with Crippen molar-refractivity contribution in [2.24, 2.45) is 5.92 Å². The molecular weight excluding hydrogens is 258 g/mol. The molecule has 0 aliphatic carbocycles. The van der Waals surface area contributed by atoms with Crippen LogP contribution in [-0.4, -0.2) is 15.9 Å². The minimum atomic E-state index is 0.0285. The Bertz CT molecular complexity index is 537. The number of amides is 1. The Kier molecular flexibility index (Phi) is 4.63. The van der Waals surface area contributed by atoms with Crippen LogP contribution in [-0.2, 0) is 4.79 Å². The third-order valence-electron chi connectivity index (χ3n) is 2.66. The highest BCUT2D eigenvalue weighted by molar-refractivity contribution is 7.14. The number of nitrogens with zero attached hydrogens (tertiary/aromatic N) is 2. The molecule has 0 saturated carbocycles. The van der Waals surface area contributed by atoms with E-state index in [0.29, 0.717) is 17.5 Å². The molecule has 4 nitrogen and oxygen atoms in total. The van der Waals surface area contributed by atoms with Crippen molar-refractivity contribution in [1.29, 1.82) is 0 Å². The molecule has 1 amide bonds. The van der Waals surface area contributed by atoms with Crippen molar-refractivity contribution >= 4 is 22.4 Å². The summed E-state index contributed by atoms with van der Waals surface area (Å²) < 4.78 is 0. The van der Waals surface area contributed by atoms with Crippen LogP contribution in [0.5, 0.6) is 0 Å². The van der Waals surface area contributed by atoms with E-state index in [1.165, 1.54) is 11.3 Å². The lowest BCUT2D eigenvalue weighted by molar-refractivity contribution is -0.116. The van der Waals surface area contributed by atoms with Crippen molar-refractivity contribution in [1.82, 2.24) is 9.97 Å². The van der Waals surface area contributed by atoms with Gasteiger partial charge in [0.25, 0.3) is 0 Å². The molecule has 0 unspecified atom stereocenters. The zero-order chi connectivity index (χ0) is 13.7. The van der Waals surface area contributed by atoms with Crippen LogP contribution in [0, 0.1) is 5.92 Å². The maximum atomic E-state index is 11.7. The first-order valence-electron chi connectivity index (χ1n) is 6.31. The monoisotopic (exact) mass is 275 g/mol. The van der Waals surface area contributed by atoms with Crippen molar-refractivity contribution in [3.63, 3.8) is 0 Å². The van der Waals surface area contributed by atoms with E-state index in [1.54, 1.807) is 12.4 Å². The Hall–Kier alpha value is -1.75. The molecule has 0 bridgehead atoms. The zero-order valence-corrected chi connectivity index (χ0v) is 11.9. The summed E-state index contributed by atoms with van der Waals surface area (Å²) in [5, 5.41) is 5.41. The van der Waals surface area contributed by atoms with Crippen LogP contribution < -0.4 is 5.32 Å². The number of aromatic nitrogens is 2. The normalized spacial score (nSPS) is 10.7. The van der Waals surface area contributed by atoms with Gasteiger partial charge in [0, 0.05) is 29.8 Å². The molecule has 2 rings (SSSR count). The van der Waals surface area contributed by atoms with Crippen molar-refractivity contribution in [3.05, 3.63) is 29.9 Å². The molecule has 0 fully saturated rings. The Balaban J connectivity index is 1.96. The van der Waals surface area contributed by atoms with Gasteiger partial charge in [0.05, 0.1) is 5.69 Å². The van der Waals surface area contributed by atoms with Crippen molar-refractivity contribution in [3.8, 4) is 11.3 Å². The molecule has 2 aromatic heterocycles. The van der Waals surface area contributed by atoms with E-state index >= 15 is 0 Å². The van der Waals surface area contributed by atoms with E-state index in [9.17, 15) is 4.79 Å². The zero-order valence-electron chi connectivity index (χ0n) is 11.1. The first-order valence-corrected chi connectivity index (χ1v) is 7.19. The van der Waals surface area contributed by atoms with Crippen LogP contribution in [0.2, 0.25) is 0 Å². The highest BCUT2D eigenvalue weighted by Gasteiger charge is 2.08. The lowest BCUT2D eigenvalue weighted by Crippen LogP contribution is -2.11. The molecule has 100 valence electrons. The van der Waals surface area contributed by atoms with E-state index in [0.717, 1.165) is 17.7 Å². The van der Waals surface area contributed by atoms with Crippen molar-refractivity contribution < 1.29 is 4.79 Å². The van der Waals surface area contributed by atoms with E-state index in [1.807, 2.05) is 17.5 Å². The first-order chi connectivity index (χ1) is 9.15. The van der Waals surface area contributed by atoms with Crippen LogP contribution in [0.15, 0.2) is 29.9 Å². The maximum Gasteiger partial charge on any atom is 0.226 e. The smallest absolute Gasteiger partial charge is 0.226 e. The second-order valence-electron chi connectivity index (χ2n) is 4.76. The topological polar surface area (TPSA) is 54.9 Å². The van der Waals surface area contributed by atoms with Crippen LogP contribution in [0.1, 0.15) is 26.7 Å². The van der Waals surface area contributed by atoms with E-state index < -0.39 is 0 Å². The number of thiazole rings is 1. The van der Waals surface area contributed by atoms with Gasteiger partial charge < -0.3 is 5.32 Å². The summed E-state index contributed by atoms with van der Waals surface area (Å²) in [7, 11) is 0. The summed E-state index contributed by atoms with van der Waals surface area (Å²) in [6.07, 6.45) is 4.93. The first kappa shape index (κ1) is 13.7. The van der Waals surface area contributed by atoms with Gasteiger partial charge in [-0.25, -0.2) is 4.98 Å². The average Bonchev–Trinajstić information content (AvgIpc) is 2.86. The van der Waals surface area contributed by atoms with Gasteiger partial charge in [-0.3, -0.25) is 9.78 Å². The summed E-state index contributed by atoms with van der Waals surface area (Å²) in [6, 6.07) is 3.82. The largest absolute Gasteiger partial charge is 0.302 e. The number of hydrogen-bond donors (Lipinski definition) is 1. The van der Waals surface area contributed by atoms with Gasteiger partial charge in [-0.1, -0.05) is 13.8 Å². The molecule has 5 heteroatoms. The number of carbonyl (C=O) groups is 1. The third-order valence-corrected chi connectivity index (χ3v) is 3.41. The number of hydrogen-bond acceptors (Lipinski definition) is 4. The molecule has 0 saturated heterocycles. The summed E-state index contributed by atoms with van der Waals surface area (Å²) in [5.74, 6) is 0.564. The van der Waals surface area contributed by atoms with Gasteiger partial charge in [-0.15, -0.1) is 11.3 Å². The Morgan fingerprint density at radius 2 is 2.32 bits per heavy atom. The highest BCUT2D eigenvalue weighted by Crippen LogP contribution is 2.24. The maximum absolute atomic E-state index is 11.7. The molecule has 2 aromatic rings. The number of rotatable bonds is 5. The molecule has 0 atom stereocenters. The molecule has 0 radical (unpaired) electrons. The fourth-order valence-electron chi connectivity index (χ4n) is 1.58. The van der Waals surface area contributed by atoms with Crippen LogP contribution in [0.3, 0.4) is 0 Å². The highest BCUT2D eigenvalue weighted by atomic mass is 32.1. The molecule has 0 aliphatic rings.